The normalized spacial score (nSPS) is 15.1. The molecule has 1 atom stereocenters. The summed E-state index contributed by atoms with van der Waals surface area (Å²) in [5.74, 6) is 0.985. The SMILES string of the molecule is CCOc1ccccc1N1C(=O)CS[C@H]1c1ccc(NC(=O)c2ccc(-c3ccccc3)cc2)cc1. The molecular formula is C30H26N2O3S. The lowest BCUT2D eigenvalue weighted by atomic mass is 10.0. The highest BCUT2D eigenvalue weighted by molar-refractivity contribution is 8.00. The number of hydrogen-bond donors (Lipinski definition) is 1. The van der Waals surface area contributed by atoms with Crippen molar-refractivity contribution in [1.82, 2.24) is 0 Å². The first-order valence-electron chi connectivity index (χ1n) is 11.9. The van der Waals surface area contributed by atoms with Gasteiger partial charge in [-0.25, -0.2) is 0 Å². The molecule has 5 nitrogen and oxygen atoms in total. The van der Waals surface area contributed by atoms with Gasteiger partial charge >= 0.3 is 0 Å². The smallest absolute Gasteiger partial charge is 0.255 e. The van der Waals surface area contributed by atoms with E-state index in [0.717, 1.165) is 22.4 Å². The number of carbonyl (C=O) groups is 2. The van der Waals surface area contributed by atoms with E-state index in [2.05, 4.69) is 5.32 Å². The van der Waals surface area contributed by atoms with Crippen molar-refractivity contribution in [1.29, 1.82) is 0 Å². The number of rotatable bonds is 7. The third kappa shape index (κ3) is 4.99. The summed E-state index contributed by atoms with van der Waals surface area (Å²) in [6.07, 6.45) is 0. The van der Waals surface area contributed by atoms with Gasteiger partial charge in [-0.3, -0.25) is 14.5 Å². The van der Waals surface area contributed by atoms with Gasteiger partial charge in [-0.1, -0.05) is 66.7 Å². The van der Waals surface area contributed by atoms with E-state index in [1.165, 1.54) is 0 Å². The van der Waals surface area contributed by atoms with Crippen LogP contribution in [0.25, 0.3) is 11.1 Å². The number of nitrogens with zero attached hydrogens (tertiary/aromatic N) is 1. The molecule has 4 aromatic carbocycles. The van der Waals surface area contributed by atoms with Crippen molar-refractivity contribution in [2.75, 3.05) is 22.6 Å². The zero-order valence-electron chi connectivity index (χ0n) is 19.9. The van der Waals surface area contributed by atoms with E-state index in [4.69, 9.17) is 4.74 Å². The number of ether oxygens (including phenoxy) is 1. The molecule has 1 fully saturated rings. The van der Waals surface area contributed by atoms with Crippen LogP contribution in [0.5, 0.6) is 5.75 Å². The quantitative estimate of drug-likeness (QED) is 0.308. The molecule has 0 unspecified atom stereocenters. The second-order valence-electron chi connectivity index (χ2n) is 8.35. The Morgan fingerprint density at radius 1 is 0.889 bits per heavy atom. The zero-order valence-corrected chi connectivity index (χ0v) is 20.7. The number of anilines is 2. The molecule has 1 aliphatic heterocycles. The van der Waals surface area contributed by atoms with E-state index >= 15 is 0 Å². The Morgan fingerprint density at radius 3 is 2.28 bits per heavy atom. The highest BCUT2D eigenvalue weighted by Crippen LogP contribution is 2.44. The Hall–Kier alpha value is -4.03. The third-order valence-electron chi connectivity index (χ3n) is 6.00. The number of amides is 2. The predicted octanol–water partition coefficient (Wildman–Crippen LogP) is 6.78. The van der Waals surface area contributed by atoms with Crippen LogP contribution in [0, 0.1) is 0 Å². The summed E-state index contributed by atoms with van der Waals surface area (Å²) in [7, 11) is 0. The van der Waals surface area contributed by atoms with Gasteiger partial charge in [-0.05, 0) is 60.0 Å². The van der Waals surface area contributed by atoms with Crippen molar-refractivity contribution < 1.29 is 14.3 Å². The largest absolute Gasteiger partial charge is 0.492 e. The molecule has 1 aliphatic rings. The second kappa shape index (κ2) is 10.7. The van der Waals surface area contributed by atoms with E-state index in [1.54, 1.807) is 16.7 Å². The molecule has 4 aromatic rings. The molecule has 1 heterocycles. The maximum Gasteiger partial charge on any atom is 0.255 e. The fourth-order valence-electron chi connectivity index (χ4n) is 4.24. The number of carbonyl (C=O) groups excluding carboxylic acids is 2. The van der Waals surface area contributed by atoms with E-state index in [9.17, 15) is 9.59 Å². The molecule has 0 saturated carbocycles. The minimum Gasteiger partial charge on any atom is -0.492 e. The third-order valence-corrected chi connectivity index (χ3v) is 7.21. The van der Waals surface area contributed by atoms with E-state index < -0.39 is 0 Å². The molecule has 180 valence electrons. The molecule has 0 bridgehead atoms. The first-order chi connectivity index (χ1) is 17.6. The van der Waals surface area contributed by atoms with Crippen LogP contribution in [-0.2, 0) is 4.79 Å². The summed E-state index contributed by atoms with van der Waals surface area (Å²) in [6.45, 7) is 2.46. The number of thioether (sulfide) groups is 1. The summed E-state index contributed by atoms with van der Waals surface area (Å²) in [5, 5.41) is 2.81. The summed E-state index contributed by atoms with van der Waals surface area (Å²) in [4.78, 5) is 27.4. The van der Waals surface area contributed by atoms with Crippen molar-refractivity contribution in [3.63, 3.8) is 0 Å². The van der Waals surface area contributed by atoms with Crippen LogP contribution in [0.3, 0.4) is 0 Å². The Balaban J connectivity index is 1.30. The van der Waals surface area contributed by atoms with Crippen molar-refractivity contribution in [2.24, 2.45) is 0 Å². The number of para-hydroxylation sites is 2. The molecular weight excluding hydrogens is 468 g/mol. The standard InChI is InChI=1S/C30H26N2O3S/c1-2-35-27-11-7-6-10-26(27)32-28(33)20-36-30(32)24-16-18-25(19-17-24)31-29(34)23-14-12-22(13-15-23)21-8-4-3-5-9-21/h3-19,30H,2,20H2,1H3,(H,31,34)/t30-/m0/s1. The van der Waals surface area contributed by atoms with Gasteiger partial charge < -0.3 is 10.1 Å². The molecule has 0 spiro atoms. The Kier molecular flexibility index (Phi) is 7.05. The lowest BCUT2D eigenvalue weighted by Crippen LogP contribution is -2.28. The topological polar surface area (TPSA) is 58.6 Å². The molecule has 6 heteroatoms. The van der Waals surface area contributed by atoms with Crippen LogP contribution in [0.2, 0.25) is 0 Å². The van der Waals surface area contributed by atoms with Crippen LogP contribution < -0.4 is 15.0 Å². The molecule has 36 heavy (non-hydrogen) atoms. The van der Waals surface area contributed by atoms with Crippen LogP contribution in [-0.4, -0.2) is 24.2 Å². The maximum atomic E-state index is 12.8. The highest BCUT2D eigenvalue weighted by Gasteiger charge is 2.35. The predicted molar refractivity (Wildman–Crippen MR) is 147 cm³/mol. The van der Waals surface area contributed by atoms with Crippen molar-refractivity contribution in [2.45, 2.75) is 12.3 Å². The lowest BCUT2D eigenvalue weighted by molar-refractivity contribution is -0.115. The number of benzene rings is 4. The van der Waals surface area contributed by atoms with Gasteiger partial charge in [0, 0.05) is 11.3 Å². The summed E-state index contributed by atoms with van der Waals surface area (Å²) >= 11 is 1.58. The molecule has 2 amide bonds. The second-order valence-corrected chi connectivity index (χ2v) is 9.42. The van der Waals surface area contributed by atoms with E-state index in [-0.39, 0.29) is 17.2 Å². The van der Waals surface area contributed by atoms with Gasteiger partial charge in [0.1, 0.15) is 11.1 Å². The molecule has 5 rings (SSSR count). The van der Waals surface area contributed by atoms with Crippen molar-refractivity contribution in [3.8, 4) is 16.9 Å². The molecule has 0 aromatic heterocycles. The number of nitrogens with one attached hydrogen (secondary N) is 1. The van der Waals surface area contributed by atoms with Gasteiger partial charge in [0.15, 0.2) is 0 Å². The zero-order chi connectivity index (χ0) is 24.9. The average molecular weight is 495 g/mol. The van der Waals surface area contributed by atoms with Crippen LogP contribution in [0.15, 0.2) is 103 Å². The van der Waals surface area contributed by atoms with E-state index in [1.807, 2.05) is 110 Å². The van der Waals surface area contributed by atoms with Gasteiger partial charge in [0.05, 0.1) is 18.0 Å². The lowest BCUT2D eigenvalue weighted by Gasteiger charge is -2.26. The minimum absolute atomic E-state index is 0.0495. The molecule has 0 aliphatic carbocycles. The monoisotopic (exact) mass is 494 g/mol. The van der Waals surface area contributed by atoms with Crippen LogP contribution in [0.1, 0.15) is 28.2 Å². The maximum absolute atomic E-state index is 12.8. The molecule has 1 N–H and O–H groups in total. The van der Waals surface area contributed by atoms with Gasteiger partial charge in [0.2, 0.25) is 5.91 Å². The van der Waals surface area contributed by atoms with Crippen LogP contribution >= 0.6 is 11.8 Å². The van der Waals surface area contributed by atoms with Crippen molar-refractivity contribution in [3.05, 3.63) is 114 Å². The highest BCUT2D eigenvalue weighted by atomic mass is 32.2. The first-order valence-corrected chi connectivity index (χ1v) is 12.9. The van der Waals surface area contributed by atoms with E-state index in [0.29, 0.717) is 29.4 Å². The molecule has 1 saturated heterocycles. The summed E-state index contributed by atoms with van der Waals surface area (Å²) in [6, 6.07) is 32.9. The van der Waals surface area contributed by atoms with Gasteiger partial charge in [0.25, 0.3) is 5.91 Å². The summed E-state index contributed by atoms with van der Waals surface area (Å²) < 4.78 is 5.77. The Morgan fingerprint density at radius 2 is 1.56 bits per heavy atom. The summed E-state index contributed by atoms with van der Waals surface area (Å²) in [5.41, 5.74) is 5.23. The van der Waals surface area contributed by atoms with Gasteiger partial charge in [-0.15, -0.1) is 11.8 Å². The van der Waals surface area contributed by atoms with Crippen LogP contribution in [0.4, 0.5) is 11.4 Å². The Bertz CT molecular complexity index is 1360. The van der Waals surface area contributed by atoms with Crippen molar-refractivity contribution >= 4 is 35.0 Å². The van der Waals surface area contributed by atoms with Gasteiger partial charge in [-0.2, -0.15) is 0 Å². The number of hydrogen-bond acceptors (Lipinski definition) is 4. The average Bonchev–Trinajstić information content (AvgIpc) is 3.31. The first kappa shape index (κ1) is 23.7. The fourth-order valence-corrected chi connectivity index (χ4v) is 5.41. The fraction of sp³-hybridized carbons (Fsp3) is 0.133. The minimum atomic E-state index is -0.167. The molecule has 0 radical (unpaired) electrons. The Labute approximate surface area is 215 Å².